The number of fused-ring (bicyclic) bond motifs is 1. The number of nitrogens with zero attached hydrogens (tertiary/aromatic N) is 3. The van der Waals surface area contributed by atoms with Crippen molar-refractivity contribution >= 4 is 32.7 Å². The molecule has 33 heavy (non-hydrogen) atoms. The van der Waals surface area contributed by atoms with E-state index in [4.69, 9.17) is 4.74 Å². The smallest absolute Gasteiger partial charge is 0.264 e. The fraction of sp³-hybridized carbons (Fsp3) is 0.167. The van der Waals surface area contributed by atoms with Gasteiger partial charge < -0.3 is 14.6 Å². The lowest BCUT2D eigenvalue weighted by Gasteiger charge is -2.21. The van der Waals surface area contributed by atoms with Gasteiger partial charge in [0.15, 0.2) is 0 Å². The van der Waals surface area contributed by atoms with Gasteiger partial charge in [-0.2, -0.15) is 0 Å². The summed E-state index contributed by atoms with van der Waals surface area (Å²) in [7, 11) is 0.803. The number of imidazole rings is 1. The lowest BCUT2D eigenvalue weighted by Crippen LogP contribution is -2.28. The number of carbonyl (C=O) groups is 1. The molecule has 170 valence electrons. The van der Waals surface area contributed by atoms with Crippen LogP contribution in [0.25, 0.3) is 11.0 Å². The summed E-state index contributed by atoms with van der Waals surface area (Å²) in [6.45, 7) is 0.260. The number of anilines is 1. The van der Waals surface area contributed by atoms with Crippen molar-refractivity contribution in [3.8, 4) is 5.75 Å². The minimum atomic E-state index is -3.87. The second-order valence-electron chi connectivity index (χ2n) is 7.56. The van der Waals surface area contributed by atoms with Crippen molar-refractivity contribution in [3.63, 3.8) is 0 Å². The first kappa shape index (κ1) is 22.3. The fourth-order valence-corrected chi connectivity index (χ4v) is 4.72. The van der Waals surface area contributed by atoms with E-state index in [0.717, 1.165) is 11.0 Å². The van der Waals surface area contributed by atoms with Crippen LogP contribution < -0.4 is 9.04 Å². The van der Waals surface area contributed by atoms with Crippen molar-refractivity contribution in [2.45, 2.75) is 11.4 Å². The number of nitrogens with one attached hydrogen (secondary N) is 1. The Morgan fingerprint density at radius 2 is 1.73 bits per heavy atom. The van der Waals surface area contributed by atoms with E-state index in [1.165, 1.54) is 28.4 Å². The number of methoxy groups -OCH3 is 1. The average molecular weight is 465 g/mol. The standard InChI is InChI=1S/C24H24N4O4S/c1-27(16-23-25-21-9-4-5-10-22(21)26-23)24(29)17-7-6-8-20(15-17)33(30,31)28(2)18-11-13-19(32-3)14-12-18/h4-15H,16H2,1-3H3,(H,25,26). The van der Waals surface area contributed by atoms with Gasteiger partial charge in [-0.15, -0.1) is 0 Å². The van der Waals surface area contributed by atoms with Crippen molar-refractivity contribution in [1.82, 2.24) is 14.9 Å². The Balaban J connectivity index is 1.54. The summed E-state index contributed by atoms with van der Waals surface area (Å²) >= 11 is 0. The van der Waals surface area contributed by atoms with E-state index in [0.29, 0.717) is 17.3 Å². The van der Waals surface area contributed by atoms with Gasteiger partial charge in [-0.05, 0) is 54.6 Å². The van der Waals surface area contributed by atoms with Crippen molar-refractivity contribution < 1.29 is 17.9 Å². The zero-order chi connectivity index (χ0) is 23.6. The van der Waals surface area contributed by atoms with Crippen molar-refractivity contribution in [2.24, 2.45) is 0 Å². The zero-order valence-electron chi connectivity index (χ0n) is 18.5. The number of benzene rings is 3. The van der Waals surface area contributed by atoms with Crippen LogP contribution in [0, 0.1) is 0 Å². The summed E-state index contributed by atoms with van der Waals surface area (Å²) in [6.07, 6.45) is 0. The fourth-order valence-electron chi connectivity index (χ4n) is 3.48. The van der Waals surface area contributed by atoms with Gasteiger partial charge in [0.2, 0.25) is 0 Å². The topological polar surface area (TPSA) is 95.6 Å². The second kappa shape index (κ2) is 8.95. The van der Waals surface area contributed by atoms with Crippen LogP contribution in [0.1, 0.15) is 16.2 Å². The van der Waals surface area contributed by atoms with Crippen LogP contribution in [-0.4, -0.2) is 50.4 Å². The summed E-state index contributed by atoms with van der Waals surface area (Å²) in [5, 5.41) is 0. The van der Waals surface area contributed by atoms with Gasteiger partial charge in [-0.25, -0.2) is 13.4 Å². The summed E-state index contributed by atoms with van der Waals surface area (Å²) in [5.74, 6) is 0.972. The molecule has 8 nitrogen and oxygen atoms in total. The molecule has 0 saturated heterocycles. The van der Waals surface area contributed by atoms with Crippen LogP contribution in [0.2, 0.25) is 0 Å². The molecule has 0 radical (unpaired) electrons. The molecular weight excluding hydrogens is 440 g/mol. The number of hydrogen-bond acceptors (Lipinski definition) is 5. The van der Waals surface area contributed by atoms with E-state index in [2.05, 4.69) is 9.97 Å². The summed E-state index contributed by atoms with van der Waals surface area (Å²) in [4.78, 5) is 22.2. The molecule has 0 aliphatic heterocycles. The number of carbonyl (C=O) groups excluding carboxylic acids is 1. The van der Waals surface area contributed by atoms with E-state index >= 15 is 0 Å². The molecular formula is C24H24N4O4S. The van der Waals surface area contributed by atoms with E-state index in [-0.39, 0.29) is 22.9 Å². The summed E-state index contributed by atoms with van der Waals surface area (Å²) in [5.41, 5.74) is 2.47. The lowest BCUT2D eigenvalue weighted by molar-refractivity contribution is 0.0781. The number of aromatic amines is 1. The maximum Gasteiger partial charge on any atom is 0.264 e. The number of aromatic nitrogens is 2. The quantitative estimate of drug-likeness (QED) is 0.450. The second-order valence-corrected chi connectivity index (χ2v) is 9.53. The first-order chi connectivity index (χ1) is 15.8. The van der Waals surface area contributed by atoms with Crippen LogP contribution in [0.5, 0.6) is 5.75 Å². The average Bonchev–Trinajstić information content (AvgIpc) is 3.25. The van der Waals surface area contributed by atoms with Crippen LogP contribution in [0.4, 0.5) is 5.69 Å². The first-order valence-corrected chi connectivity index (χ1v) is 11.7. The highest BCUT2D eigenvalue weighted by molar-refractivity contribution is 7.92. The maximum atomic E-state index is 13.2. The molecule has 4 rings (SSSR count). The van der Waals surface area contributed by atoms with E-state index in [1.807, 2.05) is 24.3 Å². The molecule has 9 heteroatoms. The highest BCUT2D eigenvalue weighted by Gasteiger charge is 2.23. The largest absolute Gasteiger partial charge is 0.497 e. The normalized spacial score (nSPS) is 11.4. The Morgan fingerprint density at radius 1 is 1.00 bits per heavy atom. The van der Waals surface area contributed by atoms with Gasteiger partial charge in [0.25, 0.3) is 15.9 Å². The van der Waals surface area contributed by atoms with Crippen LogP contribution in [0.15, 0.2) is 77.7 Å². The van der Waals surface area contributed by atoms with Gasteiger partial charge in [-0.1, -0.05) is 18.2 Å². The molecule has 3 aromatic carbocycles. The number of ether oxygens (including phenoxy) is 1. The summed E-state index contributed by atoms with van der Waals surface area (Å²) in [6, 6.07) is 20.4. The van der Waals surface area contributed by atoms with E-state index in [1.54, 1.807) is 50.6 Å². The predicted octanol–water partition coefficient (Wildman–Crippen LogP) is 3.67. The Kier molecular flexibility index (Phi) is 6.06. The highest BCUT2D eigenvalue weighted by Crippen LogP contribution is 2.25. The van der Waals surface area contributed by atoms with Crippen molar-refractivity contribution in [1.29, 1.82) is 0 Å². The SMILES string of the molecule is COc1ccc(N(C)S(=O)(=O)c2cccc(C(=O)N(C)Cc3nc4ccccc4[nH]3)c2)cc1. The molecule has 0 aliphatic rings. The van der Waals surface area contributed by atoms with Gasteiger partial charge in [-0.3, -0.25) is 9.10 Å². The number of sulfonamides is 1. The maximum absolute atomic E-state index is 13.2. The molecule has 0 bridgehead atoms. The number of para-hydroxylation sites is 2. The van der Waals surface area contributed by atoms with E-state index < -0.39 is 10.0 Å². The van der Waals surface area contributed by atoms with Gasteiger partial charge in [0.05, 0.1) is 35.3 Å². The molecule has 1 amide bonds. The first-order valence-electron chi connectivity index (χ1n) is 10.2. The van der Waals surface area contributed by atoms with Crippen molar-refractivity contribution in [2.75, 3.05) is 25.5 Å². The predicted molar refractivity (Wildman–Crippen MR) is 127 cm³/mol. The highest BCUT2D eigenvalue weighted by atomic mass is 32.2. The molecule has 0 saturated carbocycles. The Labute approximate surface area is 192 Å². The third kappa shape index (κ3) is 4.54. The third-order valence-corrected chi connectivity index (χ3v) is 7.13. The molecule has 1 N–H and O–H groups in total. The molecule has 0 fully saturated rings. The molecule has 0 unspecified atom stereocenters. The molecule has 4 aromatic rings. The molecule has 0 aliphatic carbocycles. The monoisotopic (exact) mass is 464 g/mol. The Hall–Kier alpha value is -3.85. The summed E-state index contributed by atoms with van der Waals surface area (Å²) < 4.78 is 32.7. The van der Waals surface area contributed by atoms with Gasteiger partial charge in [0, 0.05) is 19.7 Å². The number of hydrogen-bond donors (Lipinski definition) is 1. The number of rotatable bonds is 7. The van der Waals surface area contributed by atoms with E-state index in [9.17, 15) is 13.2 Å². The number of amides is 1. The zero-order valence-corrected chi connectivity index (χ0v) is 19.3. The Morgan fingerprint density at radius 3 is 2.42 bits per heavy atom. The van der Waals surface area contributed by atoms with Crippen LogP contribution in [-0.2, 0) is 16.6 Å². The Bertz CT molecular complexity index is 1360. The minimum absolute atomic E-state index is 0.0313. The third-order valence-electron chi connectivity index (χ3n) is 5.35. The van der Waals surface area contributed by atoms with Crippen LogP contribution >= 0.6 is 0 Å². The molecule has 1 heterocycles. The minimum Gasteiger partial charge on any atom is -0.497 e. The molecule has 0 atom stereocenters. The molecule has 0 spiro atoms. The van der Waals surface area contributed by atoms with Gasteiger partial charge >= 0.3 is 0 Å². The number of H-pyrrole nitrogens is 1. The lowest BCUT2D eigenvalue weighted by atomic mass is 10.2. The molecule has 1 aromatic heterocycles. The van der Waals surface area contributed by atoms with Crippen molar-refractivity contribution in [3.05, 3.63) is 84.2 Å². The van der Waals surface area contributed by atoms with Crippen LogP contribution in [0.3, 0.4) is 0 Å². The van der Waals surface area contributed by atoms with Gasteiger partial charge in [0.1, 0.15) is 11.6 Å².